The third-order valence-corrected chi connectivity index (χ3v) is 5.19. The highest BCUT2D eigenvalue weighted by Crippen LogP contribution is 2.36. The summed E-state index contributed by atoms with van der Waals surface area (Å²) in [6, 6.07) is 6.44. The third-order valence-electron chi connectivity index (χ3n) is 5.19. The van der Waals surface area contributed by atoms with E-state index in [0.29, 0.717) is 11.1 Å². The maximum absolute atomic E-state index is 12.3. The highest BCUT2D eigenvalue weighted by Gasteiger charge is 2.49. The summed E-state index contributed by atoms with van der Waals surface area (Å²) in [7, 11) is 0. The number of carbonyl (C=O) groups excluding carboxylic acids is 4. The predicted octanol–water partition coefficient (Wildman–Crippen LogP) is 1.50. The van der Waals surface area contributed by atoms with Gasteiger partial charge in [0.2, 0.25) is 0 Å². The second-order valence-electron chi connectivity index (χ2n) is 7.57. The first-order valence-corrected chi connectivity index (χ1v) is 11.7. The minimum atomic E-state index is -1.29. The number of rotatable bonds is 10. The van der Waals surface area contributed by atoms with Gasteiger partial charge in [0, 0.05) is 11.1 Å². The summed E-state index contributed by atoms with van der Waals surface area (Å²) < 4.78 is 42.7. The standard InChI is InChI=1S/C24H30O12/c1-5-29-19(25)15-16(20(26)30-6-2)34-23(33-15)13-9-11-14(12-10-13)24-35-17(21(27)31-7-3)18(36-24)22(28)32-8-4/h9-12,15-18,23-24H,5-8H2,1-4H3/t15-,16-,17-,18-/m1/s1. The highest BCUT2D eigenvalue weighted by atomic mass is 16.8. The average Bonchev–Trinajstić information content (AvgIpc) is 3.51. The first-order chi connectivity index (χ1) is 17.3. The molecule has 2 aliphatic heterocycles. The fourth-order valence-corrected chi connectivity index (χ4v) is 3.62. The van der Waals surface area contributed by atoms with Crippen molar-refractivity contribution < 1.29 is 57.1 Å². The Balaban J connectivity index is 1.74. The van der Waals surface area contributed by atoms with Crippen LogP contribution in [0.3, 0.4) is 0 Å². The number of carbonyl (C=O) groups is 4. The van der Waals surface area contributed by atoms with Crippen molar-refractivity contribution in [3.63, 3.8) is 0 Å². The summed E-state index contributed by atoms with van der Waals surface area (Å²) in [4.78, 5) is 49.2. The second-order valence-corrected chi connectivity index (χ2v) is 7.57. The molecule has 2 saturated heterocycles. The normalized spacial score (nSPS) is 24.3. The summed E-state index contributed by atoms with van der Waals surface area (Å²) in [6.07, 6.45) is -7.24. The number of ether oxygens (including phenoxy) is 8. The molecule has 2 aliphatic rings. The lowest BCUT2D eigenvalue weighted by Gasteiger charge is -2.14. The molecule has 0 saturated carbocycles. The number of esters is 4. The third kappa shape index (κ3) is 6.19. The predicted molar refractivity (Wildman–Crippen MR) is 118 cm³/mol. The lowest BCUT2D eigenvalue weighted by Crippen LogP contribution is -2.39. The molecule has 0 amide bonds. The molecule has 0 aliphatic carbocycles. The molecule has 198 valence electrons. The molecule has 36 heavy (non-hydrogen) atoms. The van der Waals surface area contributed by atoms with Crippen molar-refractivity contribution in [1.82, 2.24) is 0 Å². The SMILES string of the molecule is CCOC(=O)[C@@H]1OC(c2ccc(C3O[C@@H](C(=O)OCC)[C@H](C(=O)OCC)O3)cc2)O[C@H]1C(=O)OCC. The second kappa shape index (κ2) is 12.8. The van der Waals surface area contributed by atoms with Crippen molar-refractivity contribution in [2.24, 2.45) is 0 Å². The fraction of sp³-hybridized carbons (Fsp3) is 0.583. The Labute approximate surface area is 208 Å². The Morgan fingerprint density at radius 2 is 0.750 bits per heavy atom. The van der Waals surface area contributed by atoms with Gasteiger partial charge in [-0.05, 0) is 27.7 Å². The van der Waals surface area contributed by atoms with E-state index in [2.05, 4.69) is 0 Å². The Kier molecular flexibility index (Phi) is 9.76. The van der Waals surface area contributed by atoms with E-state index in [-0.39, 0.29) is 26.4 Å². The smallest absolute Gasteiger partial charge is 0.338 e. The van der Waals surface area contributed by atoms with Gasteiger partial charge in [-0.2, -0.15) is 0 Å². The van der Waals surface area contributed by atoms with Gasteiger partial charge in [0.25, 0.3) is 0 Å². The van der Waals surface area contributed by atoms with Crippen LogP contribution in [0.4, 0.5) is 0 Å². The summed E-state index contributed by atoms with van der Waals surface area (Å²) in [5.74, 6) is -2.95. The Hall–Kier alpha value is -3.06. The van der Waals surface area contributed by atoms with E-state index in [1.54, 1.807) is 52.0 Å². The molecular formula is C24H30O12. The van der Waals surface area contributed by atoms with Crippen LogP contribution < -0.4 is 0 Å². The van der Waals surface area contributed by atoms with Crippen molar-refractivity contribution in [2.45, 2.75) is 64.7 Å². The van der Waals surface area contributed by atoms with E-state index in [0.717, 1.165) is 0 Å². The van der Waals surface area contributed by atoms with Gasteiger partial charge in [-0.3, -0.25) is 0 Å². The molecule has 0 N–H and O–H groups in total. The van der Waals surface area contributed by atoms with Crippen molar-refractivity contribution in [3.05, 3.63) is 35.4 Å². The van der Waals surface area contributed by atoms with Gasteiger partial charge in [0.1, 0.15) is 0 Å². The van der Waals surface area contributed by atoms with Gasteiger partial charge in [0.15, 0.2) is 37.0 Å². The lowest BCUT2D eigenvalue weighted by molar-refractivity contribution is -0.163. The maximum Gasteiger partial charge on any atom is 0.338 e. The summed E-state index contributed by atoms with van der Waals surface area (Å²) >= 11 is 0. The molecular weight excluding hydrogens is 480 g/mol. The minimum Gasteiger partial charge on any atom is -0.464 e. The van der Waals surface area contributed by atoms with Crippen LogP contribution in [0.1, 0.15) is 51.4 Å². The molecule has 4 atom stereocenters. The molecule has 0 unspecified atom stereocenters. The van der Waals surface area contributed by atoms with Gasteiger partial charge >= 0.3 is 23.9 Å². The van der Waals surface area contributed by atoms with Gasteiger partial charge < -0.3 is 37.9 Å². The Bertz CT molecular complexity index is 803. The van der Waals surface area contributed by atoms with E-state index >= 15 is 0 Å². The number of hydrogen-bond donors (Lipinski definition) is 0. The van der Waals surface area contributed by atoms with Crippen LogP contribution in [0.15, 0.2) is 24.3 Å². The highest BCUT2D eigenvalue weighted by molar-refractivity contribution is 5.87. The van der Waals surface area contributed by atoms with Crippen LogP contribution in [0, 0.1) is 0 Å². The van der Waals surface area contributed by atoms with Crippen LogP contribution in [0.5, 0.6) is 0 Å². The summed E-state index contributed by atoms with van der Waals surface area (Å²) in [5.41, 5.74) is 0.975. The van der Waals surface area contributed by atoms with Crippen molar-refractivity contribution >= 4 is 23.9 Å². The summed E-state index contributed by atoms with van der Waals surface area (Å²) in [5, 5.41) is 0. The van der Waals surface area contributed by atoms with Crippen LogP contribution in [0.25, 0.3) is 0 Å². The molecule has 2 fully saturated rings. The fourth-order valence-electron chi connectivity index (χ4n) is 3.62. The van der Waals surface area contributed by atoms with E-state index in [9.17, 15) is 19.2 Å². The van der Waals surface area contributed by atoms with Crippen molar-refractivity contribution in [1.29, 1.82) is 0 Å². The molecule has 0 aromatic heterocycles. The van der Waals surface area contributed by atoms with Gasteiger partial charge in [-0.15, -0.1) is 0 Å². The van der Waals surface area contributed by atoms with Gasteiger partial charge in [-0.25, -0.2) is 19.2 Å². The first-order valence-electron chi connectivity index (χ1n) is 11.7. The topological polar surface area (TPSA) is 142 Å². The van der Waals surface area contributed by atoms with Crippen molar-refractivity contribution in [2.75, 3.05) is 26.4 Å². The van der Waals surface area contributed by atoms with E-state index in [1.165, 1.54) is 0 Å². The molecule has 1 aromatic carbocycles. The van der Waals surface area contributed by atoms with Crippen LogP contribution in [0.2, 0.25) is 0 Å². The van der Waals surface area contributed by atoms with E-state index in [4.69, 9.17) is 37.9 Å². The summed E-state index contributed by atoms with van der Waals surface area (Å²) in [6.45, 7) is 6.96. The molecule has 0 spiro atoms. The van der Waals surface area contributed by atoms with E-state index < -0.39 is 60.9 Å². The number of hydrogen-bond acceptors (Lipinski definition) is 12. The zero-order valence-corrected chi connectivity index (χ0v) is 20.5. The molecule has 12 heteroatoms. The minimum absolute atomic E-state index is 0.106. The average molecular weight is 510 g/mol. The van der Waals surface area contributed by atoms with Crippen LogP contribution >= 0.6 is 0 Å². The van der Waals surface area contributed by atoms with Crippen LogP contribution in [-0.2, 0) is 57.1 Å². The zero-order valence-electron chi connectivity index (χ0n) is 20.5. The quantitative estimate of drug-likeness (QED) is 0.332. The molecule has 0 bridgehead atoms. The Morgan fingerprint density at radius 3 is 0.944 bits per heavy atom. The van der Waals surface area contributed by atoms with E-state index in [1.807, 2.05) is 0 Å². The largest absolute Gasteiger partial charge is 0.464 e. The molecule has 3 rings (SSSR count). The Morgan fingerprint density at radius 1 is 0.528 bits per heavy atom. The lowest BCUT2D eigenvalue weighted by atomic mass is 10.1. The number of benzene rings is 1. The first kappa shape index (κ1) is 27.5. The molecule has 1 aromatic rings. The van der Waals surface area contributed by atoms with Gasteiger partial charge in [0.05, 0.1) is 26.4 Å². The van der Waals surface area contributed by atoms with Crippen molar-refractivity contribution in [3.8, 4) is 0 Å². The molecule has 12 nitrogen and oxygen atoms in total. The molecule has 2 heterocycles. The zero-order chi connectivity index (χ0) is 26.2. The molecule has 0 radical (unpaired) electrons. The maximum atomic E-state index is 12.3. The van der Waals surface area contributed by atoms with Gasteiger partial charge in [-0.1, -0.05) is 24.3 Å². The van der Waals surface area contributed by atoms with Crippen LogP contribution in [-0.4, -0.2) is 74.7 Å². The monoisotopic (exact) mass is 510 g/mol.